The van der Waals surface area contributed by atoms with Crippen LogP contribution in [0, 0.1) is 5.82 Å². The Bertz CT molecular complexity index is 382. The van der Waals surface area contributed by atoms with E-state index in [4.69, 9.17) is 5.73 Å². The minimum atomic E-state index is -0.196. The van der Waals surface area contributed by atoms with Gasteiger partial charge < -0.3 is 10.6 Å². The van der Waals surface area contributed by atoms with Gasteiger partial charge in [0.1, 0.15) is 5.82 Å². The van der Waals surface area contributed by atoms with E-state index in [2.05, 4.69) is 4.90 Å². The van der Waals surface area contributed by atoms with Crippen molar-refractivity contribution in [3.63, 3.8) is 0 Å². The molecule has 0 aliphatic carbocycles. The molecule has 0 saturated carbocycles. The molecule has 3 heteroatoms. The first-order valence-electron chi connectivity index (χ1n) is 6.98. The minimum absolute atomic E-state index is 0.124. The molecule has 100 valence electrons. The van der Waals surface area contributed by atoms with Crippen LogP contribution in [-0.2, 0) is 0 Å². The lowest BCUT2D eigenvalue weighted by atomic mass is 10.0. The highest BCUT2D eigenvalue weighted by molar-refractivity contribution is 5.55. The third-order valence-corrected chi connectivity index (χ3v) is 3.68. The fourth-order valence-corrected chi connectivity index (χ4v) is 2.67. The van der Waals surface area contributed by atoms with Crippen molar-refractivity contribution < 1.29 is 4.39 Å². The highest BCUT2D eigenvalue weighted by Crippen LogP contribution is 2.28. The molecule has 1 heterocycles. The molecule has 0 spiro atoms. The predicted molar refractivity (Wildman–Crippen MR) is 74.3 cm³/mol. The second kappa shape index (κ2) is 6.19. The van der Waals surface area contributed by atoms with Gasteiger partial charge in [0.15, 0.2) is 0 Å². The first kappa shape index (κ1) is 13.3. The normalized spacial score (nSPS) is 19.2. The van der Waals surface area contributed by atoms with Gasteiger partial charge in [-0.3, -0.25) is 0 Å². The maximum absolute atomic E-state index is 13.3. The van der Waals surface area contributed by atoms with Crippen molar-refractivity contribution in [1.82, 2.24) is 0 Å². The molecule has 0 bridgehead atoms. The summed E-state index contributed by atoms with van der Waals surface area (Å²) in [5.74, 6) is -0.196. The zero-order chi connectivity index (χ0) is 13.0. The lowest BCUT2D eigenvalue weighted by Gasteiger charge is -2.29. The van der Waals surface area contributed by atoms with Crippen LogP contribution in [0.5, 0.6) is 0 Å². The lowest BCUT2D eigenvalue weighted by molar-refractivity contribution is 0.553. The van der Waals surface area contributed by atoms with E-state index >= 15 is 0 Å². The van der Waals surface area contributed by atoms with Crippen LogP contribution in [0.1, 0.15) is 50.6 Å². The van der Waals surface area contributed by atoms with E-state index in [1.165, 1.54) is 32.1 Å². The van der Waals surface area contributed by atoms with Gasteiger partial charge in [0.05, 0.1) is 0 Å². The zero-order valence-corrected chi connectivity index (χ0v) is 11.2. The second-order valence-corrected chi connectivity index (χ2v) is 5.25. The average Bonchev–Trinajstić information content (AvgIpc) is 2.29. The van der Waals surface area contributed by atoms with Crippen molar-refractivity contribution in [1.29, 1.82) is 0 Å². The number of benzene rings is 1. The fraction of sp³-hybridized carbons (Fsp3) is 0.600. The summed E-state index contributed by atoms with van der Waals surface area (Å²) in [5, 5.41) is 0. The van der Waals surface area contributed by atoms with Crippen LogP contribution in [0.15, 0.2) is 18.2 Å². The molecule has 1 aromatic rings. The molecule has 2 N–H and O–H groups in total. The van der Waals surface area contributed by atoms with E-state index in [9.17, 15) is 4.39 Å². The van der Waals surface area contributed by atoms with Gasteiger partial charge in [0.25, 0.3) is 0 Å². The Morgan fingerprint density at radius 1 is 1.11 bits per heavy atom. The summed E-state index contributed by atoms with van der Waals surface area (Å²) < 4.78 is 13.3. The van der Waals surface area contributed by atoms with Crippen molar-refractivity contribution >= 4 is 5.69 Å². The molecule has 1 saturated heterocycles. The van der Waals surface area contributed by atoms with Crippen molar-refractivity contribution in [2.75, 3.05) is 18.0 Å². The van der Waals surface area contributed by atoms with Crippen LogP contribution in [-0.4, -0.2) is 13.1 Å². The Hall–Kier alpha value is -1.09. The Morgan fingerprint density at radius 2 is 1.72 bits per heavy atom. The van der Waals surface area contributed by atoms with Crippen LogP contribution in [0.2, 0.25) is 0 Å². The standard InChI is InChI=1S/C15H23FN2/c1-12(17)14-11-13(16)7-8-15(14)18-9-5-3-2-4-6-10-18/h7-8,11-12H,2-6,9-10,17H2,1H3. The second-order valence-electron chi connectivity index (χ2n) is 5.25. The molecule has 1 aliphatic heterocycles. The maximum atomic E-state index is 13.3. The topological polar surface area (TPSA) is 29.3 Å². The smallest absolute Gasteiger partial charge is 0.123 e. The van der Waals surface area contributed by atoms with Crippen molar-refractivity contribution in [2.24, 2.45) is 5.73 Å². The number of hydrogen-bond donors (Lipinski definition) is 1. The van der Waals surface area contributed by atoms with Gasteiger partial charge in [-0.15, -0.1) is 0 Å². The van der Waals surface area contributed by atoms with Gasteiger partial charge in [-0.05, 0) is 43.5 Å². The van der Waals surface area contributed by atoms with E-state index in [-0.39, 0.29) is 11.9 Å². The Balaban J connectivity index is 2.24. The zero-order valence-electron chi connectivity index (χ0n) is 11.2. The number of nitrogens with zero attached hydrogens (tertiary/aromatic N) is 1. The molecule has 0 aromatic heterocycles. The van der Waals surface area contributed by atoms with Crippen LogP contribution < -0.4 is 10.6 Å². The summed E-state index contributed by atoms with van der Waals surface area (Å²) >= 11 is 0. The average molecular weight is 250 g/mol. The lowest BCUT2D eigenvalue weighted by Crippen LogP contribution is -2.28. The first-order chi connectivity index (χ1) is 8.68. The molecule has 18 heavy (non-hydrogen) atoms. The largest absolute Gasteiger partial charge is 0.371 e. The number of rotatable bonds is 2. The van der Waals surface area contributed by atoms with E-state index in [1.54, 1.807) is 12.1 Å². The Labute approximate surface area is 109 Å². The summed E-state index contributed by atoms with van der Waals surface area (Å²) in [5.41, 5.74) is 8.01. The van der Waals surface area contributed by atoms with E-state index < -0.39 is 0 Å². The molecule has 2 rings (SSSR count). The van der Waals surface area contributed by atoms with E-state index in [1.807, 2.05) is 13.0 Å². The summed E-state index contributed by atoms with van der Waals surface area (Å²) in [6, 6.07) is 4.88. The molecular weight excluding hydrogens is 227 g/mol. The quantitative estimate of drug-likeness (QED) is 0.868. The van der Waals surface area contributed by atoms with Gasteiger partial charge >= 0.3 is 0 Å². The van der Waals surface area contributed by atoms with Crippen LogP contribution in [0.25, 0.3) is 0 Å². The molecule has 0 radical (unpaired) electrons. The Kier molecular flexibility index (Phi) is 4.59. The van der Waals surface area contributed by atoms with E-state index in [0.29, 0.717) is 0 Å². The fourth-order valence-electron chi connectivity index (χ4n) is 2.67. The van der Waals surface area contributed by atoms with Crippen LogP contribution in [0.3, 0.4) is 0 Å². The summed E-state index contributed by atoms with van der Waals surface area (Å²) in [7, 11) is 0. The van der Waals surface area contributed by atoms with Gasteiger partial charge in [0.2, 0.25) is 0 Å². The molecule has 1 aliphatic rings. The molecular formula is C15H23FN2. The Morgan fingerprint density at radius 3 is 2.33 bits per heavy atom. The minimum Gasteiger partial charge on any atom is -0.371 e. The highest BCUT2D eigenvalue weighted by Gasteiger charge is 2.15. The molecule has 2 nitrogen and oxygen atoms in total. The van der Waals surface area contributed by atoms with Crippen molar-refractivity contribution in [3.05, 3.63) is 29.6 Å². The SMILES string of the molecule is CC(N)c1cc(F)ccc1N1CCCCCCC1. The molecule has 1 atom stereocenters. The highest BCUT2D eigenvalue weighted by atomic mass is 19.1. The third kappa shape index (κ3) is 3.22. The van der Waals surface area contributed by atoms with Crippen LogP contribution >= 0.6 is 0 Å². The molecule has 1 aromatic carbocycles. The third-order valence-electron chi connectivity index (χ3n) is 3.68. The summed E-state index contributed by atoms with van der Waals surface area (Å²) in [6.45, 7) is 4.04. The van der Waals surface area contributed by atoms with E-state index in [0.717, 1.165) is 24.3 Å². The molecule has 1 unspecified atom stereocenters. The van der Waals surface area contributed by atoms with Gasteiger partial charge in [-0.2, -0.15) is 0 Å². The maximum Gasteiger partial charge on any atom is 0.123 e. The van der Waals surface area contributed by atoms with Gasteiger partial charge in [-0.25, -0.2) is 4.39 Å². The van der Waals surface area contributed by atoms with Crippen molar-refractivity contribution in [3.8, 4) is 0 Å². The molecule has 1 fully saturated rings. The summed E-state index contributed by atoms with van der Waals surface area (Å²) in [6.07, 6.45) is 6.37. The van der Waals surface area contributed by atoms with Crippen LogP contribution in [0.4, 0.5) is 10.1 Å². The van der Waals surface area contributed by atoms with Crippen molar-refractivity contribution in [2.45, 2.75) is 45.1 Å². The molecule has 0 amide bonds. The number of hydrogen-bond acceptors (Lipinski definition) is 2. The summed E-state index contributed by atoms with van der Waals surface area (Å²) in [4.78, 5) is 2.37. The first-order valence-corrected chi connectivity index (χ1v) is 6.98. The monoisotopic (exact) mass is 250 g/mol. The van der Waals surface area contributed by atoms with Gasteiger partial charge in [-0.1, -0.05) is 19.3 Å². The number of halogens is 1. The number of anilines is 1. The number of nitrogens with two attached hydrogens (primary N) is 1. The predicted octanol–water partition coefficient (Wildman–Crippen LogP) is 3.62. The van der Waals surface area contributed by atoms with Gasteiger partial charge in [0, 0.05) is 24.8 Å².